The van der Waals surface area contributed by atoms with Gasteiger partial charge in [0.1, 0.15) is 11.8 Å². The summed E-state index contributed by atoms with van der Waals surface area (Å²) in [6.07, 6.45) is -0.0467. The van der Waals surface area contributed by atoms with E-state index in [1.807, 2.05) is 12.1 Å². The van der Waals surface area contributed by atoms with Crippen LogP contribution in [0.1, 0.15) is 12.0 Å². The summed E-state index contributed by atoms with van der Waals surface area (Å²) in [5, 5.41) is 2.67. The standard InChI is InChI=1S/C16H20N2O5/c1-22-13-6-4-3-5-11(13)9-14(19)18-8-7-17-16(21)12(18)10-15(20)23-2/h3-6,12H,7-10H2,1-2H3,(H,17,21). The SMILES string of the molecule is COC(=O)CC1C(=O)NCCN1C(=O)Cc1ccccc1OC. The topological polar surface area (TPSA) is 84.9 Å². The molecule has 0 saturated carbocycles. The lowest BCUT2D eigenvalue weighted by Crippen LogP contribution is -2.58. The third-order valence-corrected chi connectivity index (χ3v) is 3.77. The van der Waals surface area contributed by atoms with Gasteiger partial charge in [-0.25, -0.2) is 0 Å². The zero-order valence-corrected chi connectivity index (χ0v) is 13.2. The number of amides is 2. The van der Waals surface area contributed by atoms with Gasteiger partial charge in [0.2, 0.25) is 11.8 Å². The smallest absolute Gasteiger partial charge is 0.308 e. The Morgan fingerprint density at radius 3 is 2.74 bits per heavy atom. The van der Waals surface area contributed by atoms with Crippen LogP contribution in [0.2, 0.25) is 0 Å². The fourth-order valence-electron chi connectivity index (χ4n) is 2.57. The van der Waals surface area contributed by atoms with Crippen LogP contribution in [0.25, 0.3) is 0 Å². The summed E-state index contributed by atoms with van der Waals surface area (Å²) < 4.78 is 9.85. The third kappa shape index (κ3) is 4.00. The van der Waals surface area contributed by atoms with E-state index in [9.17, 15) is 14.4 Å². The second-order valence-corrected chi connectivity index (χ2v) is 5.16. The minimum atomic E-state index is -0.835. The van der Waals surface area contributed by atoms with Gasteiger partial charge in [-0.3, -0.25) is 14.4 Å². The molecule has 1 aromatic carbocycles. The fraction of sp³-hybridized carbons (Fsp3) is 0.438. The second kappa shape index (κ2) is 7.62. The fourth-order valence-corrected chi connectivity index (χ4v) is 2.57. The van der Waals surface area contributed by atoms with E-state index < -0.39 is 12.0 Å². The lowest BCUT2D eigenvalue weighted by molar-refractivity contribution is -0.150. The van der Waals surface area contributed by atoms with Gasteiger partial charge in [-0.1, -0.05) is 18.2 Å². The molecular weight excluding hydrogens is 300 g/mol. The molecule has 2 amide bonds. The van der Waals surface area contributed by atoms with E-state index in [4.69, 9.17) is 4.74 Å². The quantitative estimate of drug-likeness (QED) is 0.780. The monoisotopic (exact) mass is 320 g/mol. The van der Waals surface area contributed by atoms with Crippen LogP contribution < -0.4 is 10.1 Å². The minimum Gasteiger partial charge on any atom is -0.496 e. The molecule has 0 radical (unpaired) electrons. The Balaban J connectivity index is 2.14. The molecule has 1 aliphatic heterocycles. The van der Waals surface area contributed by atoms with Crippen LogP contribution in [0.15, 0.2) is 24.3 Å². The van der Waals surface area contributed by atoms with E-state index in [1.165, 1.54) is 19.1 Å². The van der Waals surface area contributed by atoms with Crippen molar-refractivity contribution in [2.45, 2.75) is 18.9 Å². The Morgan fingerprint density at radius 1 is 1.30 bits per heavy atom. The molecule has 23 heavy (non-hydrogen) atoms. The Bertz CT molecular complexity index is 602. The molecule has 1 unspecified atom stereocenters. The highest BCUT2D eigenvalue weighted by Gasteiger charge is 2.35. The average Bonchev–Trinajstić information content (AvgIpc) is 2.56. The van der Waals surface area contributed by atoms with E-state index in [0.29, 0.717) is 18.8 Å². The second-order valence-electron chi connectivity index (χ2n) is 5.16. The maximum Gasteiger partial charge on any atom is 0.308 e. The molecule has 1 fully saturated rings. The van der Waals surface area contributed by atoms with E-state index in [0.717, 1.165) is 5.56 Å². The molecule has 1 N–H and O–H groups in total. The summed E-state index contributed by atoms with van der Waals surface area (Å²) >= 11 is 0. The summed E-state index contributed by atoms with van der Waals surface area (Å²) in [7, 11) is 2.79. The molecule has 0 bridgehead atoms. The van der Waals surface area contributed by atoms with Gasteiger partial charge in [0.25, 0.3) is 0 Å². The van der Waals surface area contributed by atoms with Crippen LogP contribution >= 0.6 is 0 Å². The molecule has 0 aromatic heterocycles. The predicted molar refractivity (Wildman–Crippen MR) is 81.8 cm³/mol. The van der Waals surface area contributed by atoms with Gasteiger partial charge in [0.05, 0.1) is 27.1 Å². The van der Waals surface area contributed by atoms with Crippen LogP contribution in [0.3, 0.4) is 0 Å². The van der Waals surface area contributed by atoms with Crippen LogP contribution in [-0.2, 0) is 25.5 Å². The minimum absolute atomic E-state index is 0.106. The van der Waals surface area contributed by atoms with Gasteiger partial charge >= 0.3 is 5.97 Å². The lowest BCUT2D eigenvalue weighted by Gasteiger charge is -2.34. The molecule has 0 aliphatic carbocycles. The molecule has 7 nitrogen and oxygen atoms in total. The van der Waals surface area contributed by atoms with Crippen molar-refractivity contribution < 1.29 is 23.9 Å². The van der Waals surface area contributed by atoms with Gasteiger partial charge < -0.3 is 19.7 Å². The summed E-state index contributed by atoms with van der Waals surface area (Å²) in [5.74, 6) is -0.470. The van der Waals surface area contributed by atoms with E-state index in [-0.39, 0.29) is 24.7 Å². The van der Waals surface area contributed by atoms with E-state index >= 15 is 0 Å². The zero-order valence-electron chi connectivity index (χ0n) is 13.2. The van der Waals surface area contributed by atoms with Gasteiger partial charge in [-0.15, -0.1) is 0 Å². The highest BCUT2D eigenvalue weighted by atomic mass is 16.5. The number of piperazine rings is 1. The Hall–Kier alpha value is -2.57. The maximum absolute atomic E-state index is 12.6. The molecular formula is C16H20N2O5. The molecule has 124 valence electrons. The summed E-state index contributed by atoms with van der Waals surface area (Å²) in [4.78, 5) is 37.5. The van der Waals surface area contributed by atoms with Crippen molar-refractivity contribution in [1.29, 1.82) is 0 Å². The molecule has 1 atom stereocenters. The number of carbonyl (C=O) groups excluding carboxylic acids is 3. The van der Waals surface area contributed by atoms with E-state index in [2.05, 4.69) is 10.1 Å². The van der Waals surface area contributed by atoms with Gasteiger partial charge in [-0.2, -0.15) is 0 Å². The average molecular weight is 320 g/mol. The number of nitrogens with zero attached hydrogens (tertiary/aromatic N) is 1. The first kappa shape index (κ1) is 16.8. The van der Waals surface area contributed by atoms with Crippen molar-refractivity contribution in [3.63, 3.8) is 0 Å². The Kier molecular flexibility index (Phi) is 5.56. The highest BCUT2D eigenvalue weighted by Crippen LogP contribution is 2.20. The Morgan fingerprint density at radius 2 is 2.04 bits per heavy atom. The first-order valence-corrected chi connectivity index (χ1v) is 7.32. The number of carbonyl (C=O) groups is 3. The third-order valence-electron chi connectivity index (χ3n) is 3.77. The molecule has 1 aliphatic rings. The number of para-hydroxylation sites is 1. The number of esters is 1. The molecule has 0 spiro atoms. The number of ether oxygens (including phenoxy) is 2. The largest absolute Gasteiger partial charge is 0.496 e. The van der Waals surface area contributed by atoms with Crippen molar-refractivity contribution in [3.8, 4) is 5.75 Å². The predicted octanol–water partition coefficient (Wildman–Crippen LogP) is 0.128. The van der Waals surface area contributed by atoms with Crippen LogP contribution in [-0.4, -0.2) is 56.0 Å². The van der Waals surface area contributed by atoms with Crippen LogP contribution in [0.5, 0.6) is 5.75 Å². The first-order chi connectivity index (χ1) is 11.1. The number of methoxy groups -OCH3 is 2. The number of rotatable bonds is 5. The van der Waals surface area contributed by atoms with Crippen molar-refractivity contribution in [2.75, 3.05) is 27.3 Å². The summed E-state index contributed by atoms with van der Waals surface area (Å²) in [6.45, 7) is 0.732. The summed E-state index contributed by atoms with van der Waals surface area (Å²) in [6, 6.07) is 6.38. The van der Waals surface area contributed by atoms with Crippen molar-refractivity contribution in [2.24, 2.45) is 0 Å². The lowest BCUT2D eigenvalue weighted by atomic mass is 10.1. The normalized spacial score (nSPS) is 17.4. The van der Waals surface area contributed by atoms with Gasteiger partial charge in [0.15, 0.2) is 0 Å². The van der Waals surface area contributed by atoms with Gasteiger partial charge in [0, 0.05) is 18.7 Å². The maximum atomic E-state index is 12.6. The Labute approximate surface area is 134 Å². The molecule has 1 saturated heterocycles. The van der Waals surface area contributed by atoms with Crippen LogP contribution in [0.4, 0.5) is 0 Å². The van der Waals surface area contributed by atoms with Crippen molar-refractivity contribution >= 4 is 17.8 Å². The zero-order chi connectivity index (χ0) is 16.8. The molecule has 7 heteroatoms. The summed E-state index contributed by atoms with van der Waals surface area (Å²) in [5.41, 5.74) is 0.739. The molecule has 1 aromatic rings. The van der Waals surface area contributed by atoms with Gasteiger partial charge in [-0.05, 0) is 6.07 Å². The van der Waals surface area contributed by atoms with Crippen molar-refractivity contribution in [1.82, 2.24) is 10.2 Å². The number of nitrogens with one attached hydrogen (secondary N) is 1. The van der Waals surface area contributed by atoms with E-state index in [1.54, 1.807) is 12.1 Å². The van der Waals surface area contributed by atoms with Crippen molar-refractivity contribution in [3.05, 3.63) is 29.8 Å². The number of hydrogen-bond acceptors (Lipinski definition) is 5. The molecule has 1 heterocycles. The highest BCUT2D eigenvalue weighted by molar-refractivity contribution is 5.92. The van der Waals surface area contributed by atoms with Crippen LogP contribution in [0, 0.1) is 0 Å². The number of benzene rings is 1. The number of hydrogen-bond donors (Lipinski definition) is 1. The first-order valence-electron chi connectivity index (χ1n) is 7.32. The molecule has 2 rings (SSSR count).